The molecule has 1 aliphatic carbocycles. The summed E-state index contributed by atoms with van der Waals surface area (Å²) in [4.78, 5) is 27.8. The number of carbonyl (C=O) groups is 2. The molecule has 2 unspecified atom stereocenters. The lowest BCUT2D eigenvalue weighted by Gasteiger charge is -2.28. The molecular formula is C15H26N2O6. The average molecular weight is 330 g/mol. The summed E-state index contributed by atoms with van der Waals surface area (Å²) in [6, 6.07) is -0.518. The Labute approximate surface area is 135 Å². The Balaban J connectivity index is 1.95. The smallest absolute Gasteiger partial charge is 0.544 e. The SMILES string of the molecule is CO[N+]1(CC(=O)[O-])C[C@@H](C(O)[C@@H](N)CC2CCCCC2)OC1=O. The minimum absolute atomic E-state index is 0.0944. The van der Waals surface area contributed by atoms with E-state index < -0.39 is 41.5 Å². The van der Waals surface area contributed by atoms with Crippen LogP contribution in [-0.4, -0.2) is 60.3 Å². The molecule has 2 aliphatic rings. The summed E-state index contributed by atoms with van der Waals surface area (Å²) in [5, 5.41) is 21.2. The minimum atomic E-state index is -1.43. The molecule has 8 heteroatoms. The third-order valence-corrected chi connectivity index (χ3v) is 4.94. The number of hydrogen-bond acceptors (Lipinski definition) is 7. The predicted octanol–water partition coefficient (Wildman–Crippen LogP) is -0.708. The van der Waals surface area contributed by atoms with Crippen molar-refractivity contribution in [3.63, 3.8) is 0 Å². The van der Waals surface area contributed by atoms with Crippen LogP contribution in [0.1, 0.15) is 38.5 Å². The second kappa shape index (κ2) is 7.57. The van der Waals surface area contributed by atoms with Crippen LogP contribution in [0.3, 0.4) is 0 Å². The molecule has 1 aliphatic heterocycles. The standard InChI is InChI=1S/C15H26N2O6/c1-22-17(9-13(18)19)8-12(23-15(17)21)14(20)11(16)7-10-5-3-2-4-6-10/h10-12,14,20H,2-9,16H2,1H3/t11-,12-,14?,17?/m0/s1. The monoisotopic (exact) mass is 330 g/mol. The van der Waals surface area contributed by atoms with E-state index in [9.17, 15) is 19.8 Å². The largest absolute Gasteiger partial charge is 0.550 e. The number of carbonyl (C=O) groups excluding carboxylic acids is 2. The second-order valence-corrected chi connectivity index (χ2v) is 6.60. The van der Waals surface area contributed by atoms with E-state index in [1.165, 1.54) is 26.4 Å². The van der Waals surface area contributed by atoms with Gasteiger partial charge in [0.25, 0.3) is 0 Å². The molecule has 4 atom stereocenters. The summed E-state index contributed by atoms with van der Waals surface area (Å²) >= 11 is 0. The number of aliphatic carboxylic acids is 1. The van der Waals surface area contributed by atoms with Gasteiger partial charge in [-0.1, -0.05) is 36.8 Å². The highest BCUT2D eigenvalue weighted by Gasteiger charge is 2.54. The zero-order chi connectivity index (χ0) is 17.0. The number of carboxylic acid groups (broad SMARTS) is 1. The van der Waals surface area contributed by atoms with E-state index >= 15 is 0 Å². The van der Waals surface area contributed by atoms with Crippen LogP contribution in [0.15, 0.2) is 0 Å². The van der Waals surface area contributed by atoms with Gasteiger partial charge in [0.15, 0.2) is 19.2 Å². The highest BCUT2D eigenvalue weighted by Crippen LogP contribution is 2.30. The van der Waals surface area contributed by atoms with E-state index in [1.54, 1.807) is 0 Å². The lowest BCUT2D eigenvalue weighted by Crippen LogP contribution is -2.55. The number of amides is 1. The molecule has 23 heavy (non-hydrogen) atoms. The summed E-state index contributed by atoms with van der Waals surface area (Å²) in [6.45, 7) is -0.751. The molecule has 0 aromatic carbocycles. The summed E-state index contributed by atoms with van der Waals surface area (Å²) < 4.78 is 4.28. The Morgan fingerprint density at radius 2 is 2.13 bits per heavy atom. The van der Waals surface area contributed by atoms with Gasteiger partial charge in [-0.25, -0.2) is 0 Å². The van der Waals surface area contributed by atoms with E-state index in [1.807, 2.05) is 0 Å². The van der Waals surface area contributed by atoms with Gasteiger partial charge in [0, 0.05) is 6.04 Å². The Morgan fingerprint density at radius 1 is 1.48 bits per heavy atom. The third-order valence-electron chi connectivity index (χ3n) is 4.94. The van der Waals surface area contributed by atoms with Gasteiger partial charge in [0.2, 0.25) is 0 Å². The molecule has 0 spiro atoms. The van der Waals surface area contributed by atoms with Crippen molar-refractivity contribution >= 4 is 12.1 Å². The number of quaternary nitrogens is 1. The zero-order valence-corrected chi connectivity index (χ0v) is 13.5. The van der Waals surface area contributed by atoms with E-state index in [0.717, 1.165) is 12.8 Å². The van der Waals surface area contributed by atoms with Crippen LogP contribution in [0.4, 0.5) is 4.79 Å². The third kappa shape index (κ3) is 4.20. The quantitative estimate of drug-likeness (QED) is 0.591. The van der Waals surface area contributed by atoms with E-state index in [2.05, 4.69) is 0 Å². The lowest BCUT2D eigenvalue weighted by atomic mass is 9.83. The topological polar surface area (TPSA) is 122 Å². The molecule has 0 aromatic heterocycles. The van der Waals surface area contributed by atoms with Crippen molar-refractivity contribution in [2.75, 3.05) is 20.2 Å². The Hall–Kier alpha value is -1.22. The first kappa shape index (κ1) is 18.1. The normalized spacial score (nSPS) is 31.6. The lowest BCUT2D eigenvalue weighted by molar-refractivity contribution is -1.03. The summed E-state index contributed by atoms with van der Waals surface area (Å²) in [5.41, 5.74) is 6.09. The van der Waals surface area contributed by atoms with Gasteiger partial charge in [-0.3, -0.25) is 0 Å². The van der Waals surface area contributed by atoms with Crippen LogP contribution in [0, 0.1) is 5.92 Å². The van der Waals surface area contributed by atoms with E-state index in [4.69, 9.17) is 15.3 Å². The minimum Gasteiger partial charge on any atom is -0.544 e. The number of ether oxygens (including phenoxy) is 1. The van der Waals surface area contributed by atoms with Gasteiger partial charge in [0.1, 0.15) is 6.10 Å². The first-order chi connectivity index (χ1) is 10.9. The number of carboxylic acids is 1. The van der Waals surface area contributed by atoms with Crippen LogP contribution >= 0.6 is 0 Å². The second-order valence-electron chi connectivity index (χ2n) is 6.60. The van der Waals surface area contributed by atoms with Crippen LogP contribution in [0.2, 0.25) is 0 Å². The Bertz CT molecular complexity index is 440. The Morgan fingerprint density at radius 3 is 2.70 bits per heavy atom. The zero-order valence-electron chi connectivity index (χ0n) is 13.5. The maximum Gasteiger partial charge on any atom is 0.550 e. The van der Waals surface area contributed by atoms with Gasteiger partial charge >= 0.3 is 6.09 Å². The van der Waals surface area contributed by atoms with Crippen molar-refractivity contribution in [3.8, 4) is 0 Å². The number of hydrogen-bond donors (Lipinski definition) is 2. The predicted molar refractivity (Wildman–Crippen MR) is 77.5 cm³/mol. The van der Waals surface area contributed by atoms with Crippen LogP contribution < -0.4 is 10.8 Å². The summed E-state index contributed by atoms with van der Waals surface area (Å²) in [7, 11) is 1.22. The Kier molecular flexibility index (Phi) is 5.96. The van der Waals surface area contributed by atoms with Gasteiger partial charge in [0.05, 0.1) is 13.1 Å². The molecule has 3 N–H and O–H groups in total. The summed E-state index contributed by atoms with van der Waals surface area (Å²) in [5.74, 6) is -0.944. The van der Waals surface area contributed by atoms with Gasteiger partial charge in [-0.05, 0) is 12.3 Å². The molecule has 1 amide bonds. The van der Waals surface area contributed by atoms with Crippen molar-refractivity contribution in [1.29, 1.82) is 0 Å². The fraction of sp³-hybridized carbons (Fsp3) is 0.867. The fourth-order valence-electron chi connectivity index (χ4n) is 3.58. The molecule has 132 valence electrons. The highest BCUT2D eigenvalue weighted by atomic mass is 16.8. The molecule has 2 rings (SSSR count). The molecule has 0 radical (unpaired) electrons. The number of aliphatic hydroxyl groups is 1. The number of nitrogens with two attached hydrogens (primary N) is 1. The number of cyclic esters (lactones) is 1. The molecule has 0 bridgehead atoms. The van der Waals surface area contributed by atoms with Crippen molar-refractivity contribution in [3.05, 3.63) is 0 Å². The molecule has 0 aromatic rings. The van der Waals surface area contributed by atoms with Crippen LogP contribution in [0.25, 0.3) is 0 Å². The molecule has 1 saturated carbocycles. The van der Waals surface area contributed by atoms with Crippen molar-refractivity contribution in [2.45, 2.75) is 56.8 Å². The first-order valence-electron chi connectivity index (χ1n) is 8.15. The maximum absolute atomic E-state index is 12.0. The molecule has 8 nitrogen and oxygen atoms in total. The molecule has 1 heterocycles. The fourth-order valence-corrected chi connectivity index (χ4v) is 3.58. The van der Waals surface area contributed by atoms with Crippen molar-refractivity contribution < 1.29 is 34.0 Å². The summed E-state index contributed by atoms with van der Waals surface area (Å²) in [6.07, 6.45) is 3.72. The van der Waals surface area contributed by atoms with Crippen molar-refractivity contribution in [1.82, 2.24) is 0 Å². The molecular weight excluding hydrogens is 304 g/mol. The van der Waals surface area contributed by atoms with E-state index in [-0.39, 0.29) is 6.54 Å². The van der Waals surface area contributed by atoms with E-state index in [0.29, 0.717) is 12.3 Å². The highest BCUT2D eigenvalue weighted by molar-refractivity contribution is 5.70. The molecule has 1 saturated heterocycles. The number of nitrogens with zero attached hydrogens (tertiary/aromatic N) is 1. The first-order valence-corrected chi connectivity index (χ1v) is 8.15. The van der Waals surface area contributed by atoms with Gasteiger partial charge in [-0.15, -0.1) is 0 Å². The number of hydroxylamine groups is 3. The van der Waals surface area contributed by atoms with Crippen LogP contribution in [-0.2, 0) is 14.4 Å². The van der Waals surface area contributed by atoms with Crippen LogP contribution in [0.5, 0.6) is 0 Å². The number of aliphatic hydroxyl groups excluding tert-OH is 1. The molecule has 2 fully saturated rings. The van der Waals surface area contributed by atoms with Crippen molar-refractivity contribution in [2.24, 2.45) is 11.7 Å². The number of rotatable bonds is 7. The average Bonchev–Trinajstić information content (AvgIpc) is 2.84. The maximum atomic E-state index is 12.0. The van der Waals surface area contributed by atoms with Gasteiger partial charge < -0.3 is 25.5 Å². The van der Waals surface area contributed by atoms with Gasteiger partial charge in [-0.2, -0.15) is 9.63 Å².